The Kier molecular flexibility index (Phi) is 10.2. The van der Waals surface area contributed by atoms with Gasteiger partial charge in [0.25, 0.3) is 5.92 Å². The molecule has 4 saturated heterocycles. The summed E-state index contributed by atoms with van der Waals surface area (Å²) in [5.74, 6) is -2.82. The molecule has 4 amide bonds. The van der Waals surface area contributed by atoms with Crippen molar-refractivity contribution in [1.29, 1.82) is 0 Å². The van der Waals surface area contributed by atoms with E-state index in [1.165, 1.54) is 11.8 Å². The Hall–Kier alpha value is -5.35. The van der Waals surface area contributed by atoms with Gasteiger partial charge in [-0.25, -0.2) is 18.6 Å². The average molecular weight is 824 g/mol. The van der Waals surface area contributed by atoms with Crippen molar-refractivity contribution in [3.8, 4) is 22.5 Å². The molecule has 2 N–H and O–H groups in total. The summed E-state index contributed by atoms with van der Waals surface area (Å²) in [5.41, 5.74) is 6.23. The highest BCUT2D eigenvalue weighted by Gasteiger charge is 2.62. The lowest BCUT2D eigenvalue weighted by Crippen LogP contribution is -2.69. The zero-order valence-electron chi connectivity index (χ0n) is 32.8. The van der Waals surface area contributed by atoms with Crippen molar-refractivity contribution in [2.45, 2.75) is 51.1 Å². The molecule has 8 heterocycles. The number of likely N-dealkylation sites (tertiary alicyclic amines) is 2. The molecule has 5 aromatic rings. The second kappa shape index (κ2) is 15.4. The lowest BCUT2D eigenvalue weighted by Gasteiger charge is -2.57. The first-order valence-electron chi connectivity index (χ1n) is 19.8. The summed E-state index contributed by atoms with van der Waals surface area (Å²) >= 11 is 6.42. The SMILES string of the molecule is CC(=O)Nc1cc2c(-c3cc(-c4ccc(CN5CCC6(CN(Cc7ccc(Cl)c(N8CCC(=O)NC8=O)c7)C6)C(F)(F)C5)cn4)cc(C4CCOC4)n3)cn(C)c2cn1. The molecular weight excluding hydrogens is 780 g/mol. The second-order valence-electron chi connectivity index (χ2n) is 16.3. The number of nitrogens with zero attached hydrogens (tertiary/aromatic N) is 7. The number of fused-ring (bicyclic) bond motifs is 1. The molecule has 4 aliphatic rings. The molecule has 1 aromatic carbocycles. The Morgan fingerprint density at radius 1 is 0.983 bits per heavy atom. The largest absolute Gasteiger partial charge is 0.381 e. The van der Waals surface area contributed by atoms with Crippen LogP contribution in [0, 0.1) is 5.41 Å². The number of imide groups is 1. The van der Waals surface area contributed by atoms with Crippen LogP contribution in [0.1, 0.15) is 48.9 Å². The van der Waals surface area contributed by atoms with Crippen LogP contribution in [0.3, 0.4) is 0 Å². The first-order chi connectivity index (χ1) is 28.3. The smallest absolute Gasteiger partial charge is 0.328 e. The van der Waals surface area contributed by atoms with Crippen molar-refractivity contribution in [2.75, 3.05) is 56.2 Å². The summed E-state index contributed by atoms with van der Waals surface area (Å²) < 4.78 is 39.7. The maximum atomic E-state index is 16.0. The van der Waals surface area contributed by atoms with Gasteiger partial charge in [0.05, 0.1) is 52.4 Å². The maximum absolute atomic E-state index is 16.0. The van der Waals surface area contributed by atoms with E-state index in [1.807, 2.05) is 57.9 Å². The number of urea groups is 1. The highest BCUT2D eigenvalue weighted by atomic mass is 35.5. The first kappa shape index (κ1) is 39.1. The van der Waals surface area contributed by atoms with Crippen LogP contribution in [0.25, 0.3) is 33.4 Å². The van der Waals surface area contributed by atoms with Crippen LogP contribution in [0.2, 0.25) is 5.02 Å². The van der Waals surface area contributed by atoms with Crippen LogP contribution in [0.5, 0.6) is 0 Å². The number of pyridine rings is 3. The summed E-state index contributed by atoms with van der Waals surface area (Å²) in [7, 11) is 1.95. The number of aryl methyl sites for hydroxylation is 1. The van der Waals surface area contributed by atoms with Gasteiger partial charge in [-0.15, -0.1) is 0 Å². The molecule has 1 atom stereocenters. The highest BCUT2D eigenvalue weighted by molar-refractivity contribution is 6.34. The Morgan fingerprint density at radius 2 is 1.80 bits per heavy atom. The zero-order valence-corrected chi connectivity index (χ0v) is 33.6. The molecular formula is C43H44ClF2N9O4. The number of carbonyl (C=O) groups excluding carboxylic acids is 3. The Morgan fingerprint density at radius 3 is 2.53 bits per heavy atom. The summed E-state index contributed by atoms with van der Waals surface area (Å²) in [6.45, 7) is 4.50. The molecule has 9 rings (SSSR count). The van der Waals surface area contributed by atoms with Crippen LogP contribution >= 0.6 is 11.6 Å². The minimum absolute atomic E-state index is 0.139. The summed E-state index contributed by atoms with van der Waals surface area (Å²) in [5, 5.41) is 6.38. The van der Waals surface area contributed by atoms with Crippen LogP contribution < -0.4 is 15.5 Å². The summed E-state index contributed by atoms with van der Waals surface area (Å²) in [4.78, 5) is 55.5. The van der Waals surface area contributed by atoms with Crippen LogP contribution in [0.4, 0.5) is 25.1 Å². The van der Waals surface area contributed by atoms with Gasteiger partial charge in [0, 0.05) is 100 Å². The Balaban J connectivity index is 0.873. The van der Waals surface area contributed by atoms with E-state index in [9.17, 15) is 14.4 Å². The molecule has 0 radical (unpaired) electrons. The molecule has 13 nitrogen and oxygen atoms in total. The number of piperidine rings is 1. The number of aromatic nitrogens is 4. The minimum Gasteiger partial charge on any atom is -0.381 e. The van der Waals surface area contributed by atoms with E-state index < -0.39 is 17.4 Å². The van der Waals surface area contributed by atoms with Crippen molar-refractivity contribution >= 4 is 51.9 Å². The van der Waals surface area contributed by atoms with Gasteiger partial charge in [0.1, 0.15) is 5.82 Å². The Labute approximate surface area is 344 Å². The van der Waals surface area contributed by atoms with E-state index in [0.717, 1.165) is 56.7 Å². The van der Waals surface area contributed by atoms with E-state index >= 15 is 8.78 Å². The fraction of sp³-hybridized carbons (Fsp3) is 0.395. The molecule has 0 bridgehead atoms. The van der Waals surface area contributed by atoms with Gasteiger partial charge < -0.3 is 14.6 Å². The molecule has 1 spiro atoms. The molecule has 1 unspecified atom stereocenters. The van der Waals surface area contributed by atoms with Gasteiger partial charge in [-0.3, -0.25) is 39.6 Å². The second-order valence-corrected chi connectivity index (χ2v) is 16.7. The van der Waals surface area contributed by atoms with E-state index in [0.29, 0.717) is 55.8 Å². The number of carbonyl (C=O) groups is 3. The number of hydrogen-bond donors (Lipinski definition) is 2. The number of halogens is 3. The van der Waals surface area contributed by atoms with E-state index in [-0.39, 0.29) is 50.3 Å². The maximum Gasteiger partial charge on any atom is 0.328 e. The van der Waals surface area contributed by atoms with E-state index in [1.54, 1.807) is 24.5 Å². The third kappa shape index (κ3) is 7.68. The molecule has 4 fully saturated rings. The van der Waals surface area contributed by atoms with Gasteiger partial charge in [-0.1, -0.05) is 23.7 Å². The number of anilines is 2. The number of ether oxygens (including phenoxy) is 1. The zero-order chi connectivity index (χ0) is 41.1. The fourth-order valence-electron chi connectivity index (χ4n) is 8.94. The van der Waals surface area contributed by atoms with Crippen molar-refractivity contribution < 1.29 is 27.9 Å². The normalized spacial score (nSPS) is 20.6. The molecule has 16 heteroatoms. The number of benzene rings is 1. The topological polar surface area (TPSA) is 138 Å². The van der Waals surface area contributed by atoms with Crippen molar-refractivity contribution in [3.05, 3.63) is 89.0 Å². The quantitative estimate of drug-likeness (QED) is 0.169. The van der Waals surface area contributed by atoms with Crippen molar-refractivity contribution in [2.24, 2.45) is 12.5 Å². The van der Waals surface area contributed by atoms with E-state index in [2.05, 4.69) is 21.7 Å². The number of nitrogens with one attached hydrogen (secondary N) is 2. The monoisotopic (exact) mass is 823 g/mol. The van der Waals surface area contributed by atoms with Crippen LogP contribution in [-0.2, 0) is 34.5 Å². The van der Waals surface area contributed by atoms with Crippen LogP contribution in [0.15, 0.2) is 67.1 Å². The van der Waals surface area contributed by atoms with Gasteiger partial charge >= 0.3 is 6.03 Å². The van der Waals surface area contributed by atoms with Gasteiger partial charge in [-0.2, -0.15) is 0 Å². The molecule has 0 saturated carbocycles. The number of rotatable bonds is 9. The van der Waals surface area contributed by atoms with Gasteiger partial charge in [-0.05, 0) is 66.9 Å². The molecule has 4 aliphatic heterocycles. The third-order valence-electron chi connectivity index (χ3n) is 12.1. The standard InChI is InChI=1S/C43H44ClF2N9O4/c1-26(56)49-39-16-31-32(21-52(2)38(31)18-48-39)36-15-30(14-35(50-36)29-8-12-59-22-29)34-6-4-28(17-47-34)20-53-11-9-42(43(45,46)25-53)23-54(24-42)19-27-3-5-33(44)37(13-27)55-10-7-40(57)51-41(55)58/h3-6,13-18,21,29H,7-12,19-20,22-25H2,1-2H3,(H,48,49,56)(H,51,57,58). The first-order valence-corrected chi connectivity index (χ1v) is 20.2. The lowest BCUT2D eigenvalue weighted by atomic mass is 9.69. The van der Waals surface area contributed by atoms with Crippen molar-refractivity contribution in [1.82, 2.24) is 34.6 Å². The molecule has 306 valence electrons. The molecule has 0 aliphatic carbocycles. The molecule has 4 aromatic heterocycles. The minimum atomic E-state index is -2.88. The fourth-order valence-corrected chi connectivity index (χ4v) is 9.16. The third-order valence-corrected chi connectivity index (χ3v) is 12.4. The predicted molar refractivity (Wildman–Crippen MR) is 219 cm³/mol. The Bertz CT molecular complexity index is 2470. The van der Waals surface area contributed by atoms with Crippen molar-refractivity contribution in [3.63, 3.8) is 0 Å². The van der Waals surface area contributed by atoms with Gasteiger partial charge in [0.15, 0.2) is 0 Å². The predicted octanol–water partition coefficient (Wildman–Crippen LogP) is 6.60. The summed E-state index contributed by atoms with van der Waals surface area (Å²) in [6, 6.07) is 14.7. The number of hydrogen-bond acceptors (Lipinski definition) is 9. The van der Waals surface area contributed by atoms with E-state index in [4.69, 9.17) is 26.3 Å². The van der Waals surface area contributed by atoms with Crippen LogP contribution in [-0.4, -0.2) is 99.0 Å². The van der Waals surface area contributed by atoms with Gasteiger partial charge in [0.2, 0.25) is 11.8 Å². The number of alkyl halides is 2. The molecule has 59 heavy (non-hydrogen) atoms. The number of amides is 4. The average Bonchev–Trinajstić information content (AvgIpc) is 3.84. The lowest BCUT2D eigenvalue weighted by molar-refractivity contribution is -0.227. The highest BCUT2D eigenvalue weighted by Crippen LogP contribution is 2.51. The summed E-state index contributed by atoms with van der Waals surface area (Å²) in [6.07, 6.45) is 6.94.